The first-order valence-electron chi connectivity index (χ1n) is 7.34. The maximum atomic E-state index is 11.8. The van der Waals surface area contributed by atoms with E-state index in [1.807, 2.05) is 44.2 Å². The van der Waals surface area contributed by atoms with Crippen LogP contribution in [0.5, 0.6) is 0 Å². The van der Waals surface area contributed by atoms with Crippen LogP contribution in [0.15, 0.2) is 30.3 Å². The monoisotopic (exact) mass is 332 g/mol. The lowest BCUT2D eigenvalue weighted by molar-refractivity contribution is -0.116. The van der Waals surface area contributed by atoms with E-state index in [-0.39, 0.29) is 24.9 Å². The lowest BCUT2D eigenvalue weighted by atomic mass is 10.2. The van der Waals surface area contributed by atoms with Crippen molar-refractivity contribution in [3.63, 3.8) is 0 Å². The highest BCUT2D eigenvalue weighted by atomic mass is 32.1. The second-order valence-corrected chi connectivity index (χ2v) is 6.26. The van der Waals surface area contributed by atoms with E-state index in [1.165, 1.54) is 11.3 Å². The zero-order valence-electron chi connectivity index (χ0n) is 13.2. The molecular formula is C16H20N4O2S. The maximum absolute atomic E-state index is 11.8. The van der Waals surface area contributed by atoms with Gasteiger partial charge in [-0.05, 0) is 19.4 Å². The van der Waals surface area contributed by atoms with Gasteiger partial charge in [0.1, 0.15) is 0 Å². The molecule has 0 aliphatic rings. The molecule has 0 aliphatic carbocycles. The third kappa shape index (κ3) is 5.71. The van der Waals surface area contributed by atoms with Crippen LogP contribution in [0, 0.1) is 13.8 Å². The molecule has 23 heavy (non-hydrogen) atoms. The molecule has 6 nitrogen and oxygen atoms in total. The zero-order valence-corrected chi connectivity index (χ0v) is 14.0. The summed E-state index contributed by atoms with van der Waals surface area (Å²) in [6.07, 6.45) is 0.205. The number of hydrogen-bond donors (Lipinski definition) is 3. The second kappa shape index (κ2) is 8.28. The van der Waals surface area contributed by atoms with Gasteiger partial charge in [-0.15, -0.1) is 11.3 Å². The van der Waals surface area contributed by atoms with Crippen LogP contribution in [0.3, 0.4) is 0 Å². The van der Waals surface area contributed by atoms with Crippen LogP contribution in [0.2, 0.25) is 0 Å². The molecule has 3 N–H and O–H groups in total. The Kier molecular flexibility index (Phi) is 6.10. The van der Waals surface area contributed by atoms with Gasteiger partial charge < -0.3 is 16.0 Å². The largest absolute Gasteiger partial charge is 0.338 e. The summed E-state index contributed by atoms with van der Waals surface area (Å²) in [6.45, 7) is 4.59. The summed E-state index contributed by atoms with van der Waals surface area (Å²) < 4.78 is 0. The van der Waals surface area contributed by atoms with Crippen molar-refractivity contribution in [1.29, 1.82) is 0 Å². The fraction of sp³-hybridized carbons (Fsp3) is 0.312. The minimum Gasteiger partial charge on any atom is -0.338 e. The van der Waals surface area contributed by atoms with E-state index >= 15 is 0 Å². The van der Waals surface area contributed by atoms with Gasteiger partial charge >= 0.3 is 6.03 Å². The second-order valence-electron chi connectivity index (χ2n) is 5.05. The molecule has 2 aromatic rings. The van der Waals surface area contributed by atoms with Gasteiger partial charge in [-0.2, -0.15) is 0 Å². The average Bonchev–Trinajstić information content (AvgIpc) is 2.84. The van der Waals surface area contributed by atoms with Gasteiger partial charge in [0, 0.05) is 24.4 Å². The first-order valence-corrected chi connectivity index (χ1v) is 8.16. The van der Waals surface area contributed by atoms with E-state index in [9.17, 15) is 9.59 Å². The Morgan fingerprint density at radius 3 is 2.52 bits per heavy atom. The first-order chi connectivity index (χ1) is 11.0. The van der Waals surface area contributed by atoms with E-state index in [1.54, 1.807) is 0 Å². The molecule has 0 spiro atoms. The van der Waals surface area contributed by atoms with Crippen LogP contribution < -0.4 is 16.0 Å². The highest BCUT2D eigenvalue weighted by Crippen LogP contribution is 2.20. The van der Waals surface area contributed by atoms with Crippen molar-refractivity contribution in [1.82, 2.24) is 15.6 Å². The van der Waals surface area contributed by atoms with Gasteiger partial charge in [0.15, 0.2) is 5.13 Å². The molecule has 0 aliphatic heterocycles. The number of aryl methyl sites for hydroxylation is 2. The zero-order chi connectivity index (χ0) is 16.7. The SMILES string of the molecule is Cc1nc(NC(=O)CCNC(=O)NCc2ccccc2)sc1C. The van der Waals surface area contributed by atoms with Crippen molar-refractivity contribution in [3.05, 3.63) is 46.5 Å². The summed E-state index contributed by atoms with van der Waals surface area (Å²) in [5.74, 6) is -0.165. The molecule has 0 unspecified atom stereocenters. The van der Waals surface area contributed by atoms with Gasteiger partial charge in [0.05, 0.1) is 5.69 Å². The van der Waals surface area contributed by atoms with Gasteiger partial charge in [-0.25, -0.2) is 9.78 Å². The number of amides is 3. The van der Waals surface area contributed by atoms with Gasteiger partial charge in [-0.1, -0.05) is 30.3 Å². The number of rotatable bonds is 6. The highest BCUT2D eigenvalue weighted by molar-refractivity contribution is 7.15. The smallest absolute Gasteiger partial charge is 0.315 e. The molecule has 0 saturated heterocycles. The minimum absolute atomic E-state index is 0.165. The average molecular weight is 332 g/mol. The van der Waals surface area contributed by atoms with Crippen molar-refractivity contribution >= 4 is 28.4 Å². The Labute approximate surface area is 139 Å². The summed E-state index contributed by atoms with van der Waals surface area (Å²) in [7, 11) is 0. The molecule has 1 aromatic heterocycles. The Bertz CT molecular complexity index is 650. The molecule has 0 radical (unpaired) electrons. The number of urea groups is 1. The number of hydrogen-bond acceptors (Lipinski definition) is 4. The fourth-order valence-corrected chi connectivity index (χ4v) is 2.67. The molecule has 7 heteroatoms. The van der Waals surface area contributed by atoms with Gasteiger partial charge in [0.2, 0.25) is 5.91 Å². The lowest BCUT2D eigenvalue weighted by Crippen LogP contribution is -2.36. The van der Waals surface area contributed by atoms with Crippen molar-refractivity contribution in [2.45, 2.75) is 26.8 Å². The Morgan fingerprint density at radius 2 is 1.87 bits per heavy atom. The molecule has 1 aromatic carbocycles. The van der Waals surface area contributed by atoms with Crippen LogP contribution in [-0.2, 0) is 11.3 Å². The minimum atomic E-state index is -0.289. The number of carbonyl (C=O) groups is 2. The predicted octanol–water partition coefficient (Wildman–Crippen LogP) is 2.59. The predicted molar refractivity (Wildman–Crippen MR) is 91.5 cm³/mol. The Hall–Kier alpha value is -2.41. The molecule has 3 amide bonds. The molecule has 2 rings (SSSR count). The molecule has 1 heterocycles. The summed E-state index contributed by atoms with van der Waals surface area (Å²) in [4.78, 5) is 28.7. The van der Waals surface area contributed by atoms with E-state index in [0.29, 0.717) is 11.7 Å². The number of benzene rings is 1. The third-order valence-corrected chi connectivity index (χ3v) is 4.20. The number of nitrogens with zero attached hydrogens (tertiary/aromatic N) is 1. The standard InChI is InChI=1S/C16H20N4O2S/c1-11-12(2)23-16(19-11)20-14(21)8-9-17-15(22)18-10-13-6-4-3-5-7-13/h3-7H,8-10H2,1-2H3,(H2,17,18,22)(H,19,20,21). The van der Waals surface area contributed by atoms with Crippen molar-refractivity contribution < 1.29 is 9.59 Å². The quantitative estimate of drug-likeness (QED) is 0.760. The van der Waals surface area contributed by atoms with Crippen molar-refractivity contribution in [3.8, 4) is 0 Å². The molecule has 0 bridgehead atoms. The van der Waals surface area contributed by atoms with Crippen LogP contribution in [0.4, 0.5) is 9.93 Å². The third-order valence-electron chi connectivity index (χ3n) is 3.21. The van der Waals surface area contributed by atoms with Crippen LogP contribution in [0.25, 0.3) is 0 Å². The van der Waals surface area contributed by atoms with Crippen molar-refractivity contribution in [2.75, 3.05) is 11.9 Å². The number of carbonyl (C=O) groups excluding carboxylic acids is 2. The number of thiazole rings is 1. The van der Waals surface area contributed by atoms with Crippen LogP contribution >= 0.6 is 11.3 Å². The topological polar surface area (TPSA) is 83.1 Å². The number of nitrogens with one attached hydrogen (secondary N) is 3. The van der Waals surface area contributed by atoms with Gasteiger partial charge in [0.25, 0.3) is 0 Å². The summed E-state index contributed by atoms with van der Waals surface area (Å²) in [6, 6.07) is 9.34. The van der Waals surface area contributed by atoms with E-state index in [2.05, 4.69) is 20.9 Å². The van der Waals surface area contributed by atoms with Crippen LogP contribution in [0.1, 0.15) is 22.6 Å². The maximum Gasteiger partial charge on any atom is 0.315 e. The number of aromatic nitrogens is 1. The molecule has 0 fully saturated rings. The summed E-state index contributed by atoms with van der Waals surface area (Å²) in [5.41, 5.74) is 1.94. The fourth-order valence-electron chi connectivity index (χ4n) is 1.84. The lowest BCUT2D eigenvalue weighted by Gasteiger charge is -2.07. The summed E-state index contributed by atoms with van der Waals surface area (Å²) in [5, 5.41) is 8.73. The highest BCUT2D eigenvalue weighted by Gasteiger charge is 2.08. The van der Waals surface area contributed by atoms with Crippen LogP contribution in [-0.4, -0.2) is 23.5 Å². The van der Waals surface area contributed by atoms with E-state index in [4.69, 9.17) is 0 Å². The van der Waals surface area contributed by atoms with E-state index < -0.39 is 0 Å². The first kappa shape index (κ1) is 17.0. The van der Waals surface area contributed by atoms with E-state index in [0.717, 1.165) is 16.1 Å². The number of anilines is 1. The molecule has 122 valence electrons. The molecule has 0 atom stereocenters. The molecular weight excluding hydrogens is 312 g/mol. The normalized spacial score (nSPS) is 10.2. The van der Waals surface area contributed by atoms with Gasteiger partial charge in [-0.3, -0.25) is 4.79 Å². The summed E-state index contributed by atoms with van der Waals surface area (Å²) >= 11 is 1.45. The Morgan fingerprint density at radius 1 is 1.13 bits per heavy atom. The van der Waals surface area contributed by atoms with Crippen molar-refractivity contribution in [2.24, 2.45) is 0 Å². The molecule has 0 saturated carbocycles. The Balaban J connectivity index is 1.64.